The number of carbonyl (C=O) groups excluding carboxylic acids is 2. The molecule has 1 saturated heterocycles. The van der Waals surface area contributed by atoms with E-state index in [1.54, 1.807) is 26.4 Å². The number of amides is 2. The minimum Gasteiger partial charge on any atom is -0.480 e. The van der Waals surface area contributed by atoms with Crippen molar-refractivity contribution in [1.82, 2.24) is 20.2 Å². The fourth-order valence-electron chi connectivity index (χ4n) is 4.26. The number of rotatable bonds is 7. The molecule has 1 aromatic carbocycles. The zero-order valence-corrected chi connectivity index (χ0v) is 21.4. The van der Waals surface area contributed by atoms with Crippen LogP contribution in [0.2, 0.25) is 0 Å². The van der Waals surface area contributed by atoms with Gasteiger partial charge in [0.2, 0.25) is 5.88 Å². The van der Waals surface area contributed by atoms with Crippen molar-refractivity contribution in [2.24, 2.45) is 0 Å². The predicted octanol–water partition coefficient (Wildman–Crippen LogP) is 3.33. The summed E-state index contributed by atoms with van der Waals surface area (Å²) in [6.07, 6.45) is 0.0408. The summed E-state index contributed by atoms with van der Waals surface area (Å²) in [6, 6.07) is 7.34. The number of carbonyl (C=O) groups is 2. The summed E-state index contributed by atoms with van der Waals surface area (Å²) >= 11 is 1.30. The minimum absolute atomic E-state index is 0.00798. The van der Waals surface area contributed by atoms with E-state index in [1.165, 1.54) is 11.3 Å². The lowest BCUT2D eigenvalue weighted by Crippen LogP contribution is -2.48. The summed E-state index contributed by atoms with van der Waals surface area (Å²) in [7, 11) is 3.12. The van der Waals surface area contributed by atoms with Crippen LogP contribution in [0, 0.1) is 6.92 Å². The molecule has 2 atom stereocenters. The van der Waals surface area contributed by atoms with Crippen molar-refractivity contribution in [1.29, 1.82) is 0 Å². The lowest BCUT2D eigenvalue weighted by atomic mass is 10.1. The smallest absolute Gasteiger partial charge is 0.261 e. The molecule has 9 nitrogen and oxygen atoms in total. The van der Waals surface area contributed by atoms with Gasteiger partial charge in [-0.3, -0.25) is 9.59 Å². The lowest BCUT2D eigenvalue weighted by Gasteiger charge is -2.35. The van der Waals surface area contributed by atoms with E-state index in [-0.39, 0.29) is 30.6 Å². The highest BCUT2D eigenvalue weighted by Gasteiger charge is 2.26. The van der Waals surface area contributed by atoms with Crippen LogP contribution in [0.1, 0.15) is 50.8 Å². The molecule has 2 amide bonds. The summed E-state index contributed by atoms with van der Waals surface area (Å²) in [6.45, 7) is 7.57. The van der Waals surface area contributed by atoms with Crippen LogP contribution in [0.5, 0.6) is 5.88 Å². The molecule has 3 aromatic rings. The molecule has 0 spiro atoms. The molecule has 35 heavy (non-hydrogen) atoms. The zero-order chi connectivity index (χ0) is 25.1. The highest BCUT2D eigenvalue weighted by molar-refractivity contribution is 7.20. The molecule has 186 valence electrons. The number of nitrogens with one attached hydrogen (secondary N) is 1. The molecule has 0 bridgehead atoms. The Bertz CT molecular complexity index is 1220. The van der Waals surface area contributed by atoms with Crippen LogP contribution in [-0.4, -0.2) is 66.2 Å². The average Bonchev–Trinajstić information content (AvgIpc) is 3.18. The van der Waals surface area contributed by atoms with Crippen LogP contribution < -0.4 is 10.1 Å². The Balaban J connectivity index is 1.44. The number of ether oxygens (including phenoxy) is 3. The number of hydrogen-bond donors (Lipinski definition) is 1. The SMILES string of the molecule is COCc1nc(OC)c2c(C)c(C(=O)NCc3ccc(C(=O)N4CC(C)OC(C)C4)cc3)sc2n1. The van der Waals surface area contributed by atoms with Crippen LogP contribution in [0.3, 0.4) is 0 Å². The average molecular weight is 499 g/mol. The van der Waals surface area contributed by atoms with Crippen LogP contribution >= 0.6 is 11.3 Å². The minimum atomic E-state index is -0.197. The first-order chi connectivity index (χ1) is 16.8. The summed E-state index contributed by atoms with van der Waals surface area (Å²) in [4.78, 5) is 37.8. The Morgan fingerprint density at radius 3 is 2.46 bits per heavy atom. The van der Waals surface area contributed by atoms with Crippen molar-refractivity contribution in [3.05, 3.63) is 51.7 Å². The Kier molecular flexibility index (Phi) is 7.63. The van der Waals surface area contributed by atoms with Gasteiger partial charge in [-0.25, -0.2) is 4.98 Å². The van der Waals surface area contributed by atoms with Crippen molar-refractivity contribution in [3.8, 4) is 5.88 Å². The van der Waals surface area contributed by atoms with E-state index >= 15 is 0 Å². The molecule has 2 unspecified atom stereocenters. The molecule has 0 aliphatic carbocycles. The summed E-state index contributed by atoms with van der Waals surface area (Å²) in [5, 5.41) is 3.70. The predicted molar refractivity (Wildman–Crippen MR) is 133 cm³/mol. The highest BCUT2D eigenvalue weighted by atomic mass is 32.1. The largest absolute Gasteiger partial charge is 0.480 e. The molecule has 10 heteroatoms. The van der Waals surface area contributed by atoms with Crippen LogP contribution in [0.15, 0.2) is 24.3 Å². The molecule has 1 fully saturated rings. The number of aromatic nitrogens is 2. The third-order valence-corrected chi connectivity index (χ3v) is 7.02. The molecule has 3 heterocycles. The number of benzene rings is 1. The second-order valence-corrected chi connectivity index (χ2v) is 9.66. The normalized spacial score (nSPS) is 18.0. The Labute approximate surface area is 208 Å². The molecule has 4 rings (SSSR count). The van der Waals surface area contributed by atoms with Crippen LogP contribution in [0.4, 0.5) is 0 Å². The number of fused-ring (bicyclic) bond motifs is 1. The zero-order valence-electron chi connectivity index (χ0n) is 20.6. The van der Waals surface area contributed by atoms with E-state index in [2.05, 4.69) is 15.3 Å². The molecular weight excluding hydrogens is 468 g/mol. The third kappa shape index (κ3) is 5.44. The summed E-state index contributed by atoms with van der Waals surface area (Å²) in [5.41, 5.74) is 2.30. The number of hydrogen-bond acceptors (Lipinski definition) is 8. The maximum atomic E-state index is 13.0. The Morgan fingerprint density at radius 2 is 1.83 bits per heavy atom. The second kappa shape index (κ2) is 10.7. The van der Waals surface area contributed by atoms with Gasteiger partial charge in [0.15, 0.2) is 5.82 Å². The summed E-state index contributed by atoms with van der Waals surface area (Å²) < 4.78 is 16.3. The maximum Gasteiger partial charge on any atom is 0.261 e. The van der Waals surface area contributed by atoms with E-state index in [4.69, 9.17) is 14.2 Å². The van der Waals surface area contributed by atoms with Crippen LogP contribution in [-0.2, 0) is 22.6 Å². The van der Waals surface area contributed by atoms with Gasteiger partial charge in [0.05, 0.1) is 29.6 Å². The van der Waals surface area contributed by atoms with E-state index < -0.39 is 0 Å². The van der Waals surface area contributed by atoms with Gasteiger partial charge in [0.1, 0.15) is 11.4 Å². The van der Waals surface area contributed by atoms with Gasteiger partial charge in [-0.1, -0.05) is 12.1 Å². The standard InChI is InChI=1S/C25H30N4O5S/c1-14-11-29(12-15(2)34-14)25(31)18-8-6-17(7-9-18)10-26-22(30)21-16(3)20-23(33-5)27-19(13-32-4)28-24(20)35-21/h6-9,14-15H,10-13H2,1-5H3,(H,26,30). The van der Waals surface area contributed by atoms with Gasteiger partial charge in [-0.05, 0) is 44.0 Å². The van der Waals surface area contributed by atoms with Gasteiger partial charge in [0.25, 0.3) is 11.8 Å². The molecular formula is C25H30N4O5S. The molecule has 0 saturated carbocycles. The van der Waals surface area contributed by atoms with Crippen molar-refractivity contribution in [2.45, 2.75) is 46.1 Å². The first-order valence-electron chi connectivity index (χ1n) is 11.5. The van der Waals surface area contributed by atoms with Crippen molar-refractivity contribution in [3.63, 3.8) is 0 Å². The number of thiophene rings is 1. The third-order valence-electron chi connectivity index (χ3n) is 5.84. The second-order valence-electron chi connectivity index (χ2n) is 8.67. The van der Waals surface area contributed by atoms with Gasteiger partial charge < -0.3 is 24.4 Å². The van der Waals surface area contributed by atoms with E-state index in [0.717, 1.165) is 16.5 Å². The fraction of sp³-hybridized carbons (Fsp3) is 0.440. The van der Waals surface area contributed by atoms with Crippen molar-refractivity contribution < 1.29 is 23.8 Å². The fourth-order valence-corrected chi connectivity index (χ4v) is 5.36. The van der Waals surface area contributed by atoms with Gasteiger partial charge >= 0.3 is 0 Å². The summed E-state index contributed by atoms with van der Waals surface area (Å²) in [5.74, 6) is 0.725. The monoisotopic (exact) mass is 498 g/mol. The first-order valence-corrected chi connectivity index (χ1v) is 12.3. The van der Waals surface area contributed by atoms with Gasteiger partial charge in [-0.2, -0.15) is 4.98 Å². The van der Waals surface area contributed by atoms with E-state index in [0.29, 0.717) is 46.6 Å². The number of aryl methyl sites for hydroxylation is 1. The number of methoxy groups -OCH3 is 2. The Hall–Kier alpha value is -3.08. The molecule has 1 N–H and O–H groups in total. The topological polar surface area (TPSA) is 103 Å². The van der Waals surface area contributed by atoms with Crippen LogP contribution in [0.25, 0.3) is 10.2 Å². The molecule has 2 aromatic heterocycles. The van der Waals surface area contributed by atoms with Gasteiger partial charge in [0, 0.05) is 32.3 Å². The van der Waals surface area contributed by atoms with Crippen molar-refractivity contribution in [2.75, 3.05) is 27.3 Å². The first kappa shape index (κ1) is 25.0. The van der Waals surface area contributed by atoms with Crippen molar-refractivity contribution >= 4 is 33.4 Å². The highest BCUT2D eigenvalue weighted by Crippen LogP contribution is 2.35. The maximum absolute atomic E-state index is 13.0. The number of nitrogens with zero attached hydrogens (tertiary/aromatic N) is 3. The Morgan fingerprint density at radius 1 is 1.14 bits per heavy atom. The molecule has 1 aliphatic rings. The number of morpholine rings is 1. The quantitative estimate of drug-likeness (QED) is 0.533. The van der Waals surface area contributed by atoms with E-state index in [9.17, 15) is 9.59 Å². The molecule has 1 aliphatic heterocycles. The van der Waals surface area contributed by atoms with E-state index in [1.807, 2.05) is 37.8 Å². The molecule has 0 radical (unpaired) electrons. The van der Waals surface area contributed by atoms with Gasteiger partial charge in [-0.15, -0.1) is 11.3 Å². The lowest BCUT2D eigenvalue weighted by molar-refractivity contribution is -0.0586.